The average molecular weight is 304 g/mol. The molecule has 0 saturated carbocycles. The van der Waals surface area contributed by atoms with Crippen LogP contribution in [0.5, 0.6) is 0 Å². The van der Waals surface area contributed by atoms with Crippen molar-refractivity contribution < 1.29 is 0 Å². The van der Waals surface area contributed by atoms with Gasteiger partial charge in [-0.25, -0.2) is 0 Å². The fourth-order valence-corrected chi connectivity index (χ4v) is 1.68. The molecule has 0 aliphatic carbocycles. The summed E-state index contributed by atoms with van der Waals surface area (Å²) in [6.07, 6.45) is 0. The first-order valence-electron chi connectivity index (χ1n) is 4.79. The van der Waals surface area contributed by atoms with Crippen molar-refractivity contribution in [1.82, 2.24) is 0 Å². The second-order valence-electron chi connectivity index (χ2n) is 3.90. The van der Waals surface area contributed by atoms with Gasteiger partial charge in [-0.05, 0) is 46.2 Å². The van der Waals surface area contributed by atoms with E-state index in [0.717, 1.165) is 5.56 Å². The zero-order valence-corrected chi connectivity index (χ0v) is 10.7. The average Bonchev–Trinajstić information content (AvgIpc) is 2.16. The highest BCUT2D eigenvalue weighted by molar-refractivity contribution is 14.1. The zero-order valence-electron chi connectivity index (χ0n) is 8.57. The molecular formula is C11H17IN2. The first-order chi connectivity index (χ1) is 6.52. The molecular weight excluding hydrogens is 287 g/mol. The summed E-state index contributed by atoms with van der Waals surface area (Å²) in [7, 11) is 0. The minimum absolute atomic E-state index is 0.0232. The molecule has 2 unspecified atom stereocenters. The molecule has 0 saturated heterocycles. The highest BCUT2D eigenvalue weighted by Gasteiger charge is 2.17. The Morgan fingerprint density at radius 3 is 2.00 bits per heavy atom. The molecule has 2 nitrogen and oxygen atoms in total. The monoisotopic (exact) mass is 304 g/mol. The highest BCUT2D eigenvalue weighted by atomic mass is 127. The van der Waals surface area contributed by atoms with Gasteiger partial charge in [0.2, 0.25) is 0 Å². The summed E-state index contributed by atoms with van der Waals surface area (Å²) in [6.45, 7) is 4.19. The Morgan fingerprint density at radius 2 is 1.57 bits per heavy atom. The Balaban J connectivity index is 2.78. The van der Waals surface area contributed by atoms with E-state index in [1.165, 1.54) is 3.57 Å². The van der Waals surface area contributed by atoms with Gasteiger partial charge in [0.1, 0.15) is 0 Å². The number of halogens is 1. The highest BCUT2D eigenvalue weighted by Crippen LogP contribution is 2.18. The standard InChI is InChI=1S/C11H17IN2/c1-7(2)10(13)11(14)8-3-5-9(12)6-4-8/h3-7,10-11H,13-14H2,1-2H3. The summed E-state index contributed by atoms with van der Waals surface area (Å²) >= 11 is 2.28. The van der Waals surface area contributed by atoms with Crippen molar-refractivity contribution in [3.8, 4) is 0 Å². The lowest BCUT2D eigenvalue weighted by atomic mass is 9.93. The summed E-state index contributed by atoms with van der Waals surface area (Å²) in [5.41, 5.74) is 13.2. The molecule has 78 valence electrons. The molecule has 0 radical (unpaired) electrons. The van der Waals surface area contributed by atoms with Crippen LogP contribution in [0, 0.1) is 9.49 Å². The summed E-state index contributed by atoms with van der Waals surface area (Å²) in [5.74, 6) is 0.407. The molecule has 0 bridgehead atoms. The van der Waals surface area contributed by atoms with Crippen LogP contribution in [-0.4, -0.2) is 6.04 Å². The minimum atomic E-state index is -0.0630. The van der Waals surface area contributed by atoms with E-state index in [9.17, 15) is 0 Å². The van der Waals surface area contributed by atoms with Crippen LogP contribution in [0.25, 0.3) is 0 Å². The first-order valence-corrected chi connectivity index (χ1v) is 5.87. The SMILES string of the molecule is CC(C)C(N)C(N)c1ccc(I)cc1. The predicted octanol–water partition coefficient (Wildman–Crippen LogP) is 2.27. The van der Waals surface area contributed by atoms with E-state index < -0.39 is 0 Å². The number of hydrogen-bond donors (Lipinski definition) is 2. The molecule has 1 rings (SSSR count). The third-order valence-electron chi connectivity index (χ3n) is 2.44. The Labute approximate surface area is 99.2 Å². The normalized spacial score (nSPS) is 15.6. The molecule has 1 aromatic rings. The van der Waals surface area contributed by atoms with E-state index in [-0.39, 0.29) is 12.1 Å². The van der Waals surface area contributed by atoms with Gasteiger partial charge >= 0.3 is 0 Å². The van der Waals surface area contributed by atoms with Crippen LogP contribution in [0.1, 0.15) is 25.5 Å². The summed E-state index contributed by atoms with van der Waals surface area (Å²) in [5, 5.41) is 0. The van der Waals surface area contributed by atoms with Crippen molar-refractivity contribution in [3.63, 3.8) is 0 Å². The molecule has 1 aromatic carbocycles. The molecule has 0 heterocycles. The molecule has 0 aliphatic rings. The molecule has 2 atom stereocenters. The number of benzene rings is 1. The molecule has 3 heteroatoms. The zero-order chi connectivity index (χ0) is 10.7. The Morgan fingerprint density at radius 1 is 1.07 bits per heavy atom. The van der Waals surface area contributed by atoms with Gasteiger partial charge in [0.05, 0.1) is 0 Å². The Bertz CT molecular complexity index is 282. The van der Waals surface area contributed by atoms with E-state index in [4.69, 9.17) is 11.5 Å². The van der Waals surface area contributed by atoms with Crippen LogP contribution in [0.15, 0.2) is 24.3 Å². The predicted molar refractivity (Wildman–Crippen MR) is 68.9 cm³/mol. The number of hydrogen-bond acceptors (Lipinski definition) is 2. The smallest absolute Gasteiger partial charge is 0.0451 e. The van der Waals surface area contributed by atoms with Crippen LogP contribution in [0.3, 0.4) is 0 Å². The fraction of sp³-hybridized carbons (Fsp3) is 0.455. The number of nitrogens with two attached hydrogens (primary N) is 2. The van der Waals surface area contributed by atoms with Crippen LogP contribution < -0.4 is 11.5 Å². The fourth-order valence-electron chi connectivity index (χ4n) is 1.32. The number of rotatable bonds is 3. The maximum Gasteiger partial charge on any atom is 0.0451 e. The lowest BCUT2D eigenvalue weighted by molar-refractivity contribution is 0.423. The minimum Gasteiger partial charge on any atom is -0.326 e. The summed E-state index contributed by atoms with van der Waals surface area (Å²) in [4.78, 5) is 0. The van der Waals surface area contributed by atoms with Crippen molar-refractivity contribution in [3.05, 3.63) is 33.4 Å². The van der Waals surface area contributed by atoms with E-state index in [1.807, 2.05) is 0 Å². The Hall–Kier alpha value is -0.130. The maximum atomic E-state index is 6.06. The van der Waals surface area contributed by atoms with Crippen molar-refractivity contribution in [2.24, 2.45) is 17.4 Å². The Kier molecular flexibility index (Phi) is 4.34. The van der Waals surface area contributed by atoms with Gasteiger partial charge in [-0.3, -0.25) is 0 Å². The maximum absolute atomic E-state index is 6.06. The van der Waals surface area contributed by atoms with Crippen LogP contribution in [0.4, 0.5) is 0 Å². The molecule has 0 amide bonds. The third kappa shape index (κ3) is 2.93. The van der Waals surface area contributed by atoms with Gasteiger partial charge in [-0.2, -0.15) is 0 Å². The van der Waals surface area contributed by atoms with Crippen LogP contribution in [-0.2, 0) is 0 Å². The lowest BCUT2D eigenvalue weighted by Gasteiger charge is -2.23. The van der Waals surface area contributed by atoms with E-state index >= 15 is 0 Å². The second-order valence-corrected chi connectivity index (χ2v) is 5.14. The molecule has 0 fully saturated rings. The van der Waals surface area contributed by atoms with Gasteiger partial charge in [0.25, 0.3) is 0 Å². The second kappa shape index (κ2) is 5.09. The quantitative estimate of drug-likeness (QED) is 0.842. The largest absolute Gasteiger partial charge is 0.326 e. The van der Waals surface area contributed by atoms with Gasteiger partial charge in [0.15, 0.2) is 0 Å². The van der Waals surface area contributed by atoms with E-state index in [0.29, 0.717) is 5.92 Å². The first kappa shape index (κ1) is 11.9. The van der Waals surface area contributed by atoms with Crippen molar-refractivity contribution in [2.45, 2.75) is 25.9 Å². The molecule has 0 spiro atoms. The van der Waals surface area contributed by atoms with Crippen LogP contribution >= 0.6 is 22.6 Å². The molecule has 0 aliphatic heterocycles. The van der Waals surface area contributed by atoms with Gasteiger partial charge in [-0.15, -0.1) is 0 Å². The summed E-state index contributed by atoms with van der Waals surface area (Å²) in [6, 6.07) is 8.18. The van der Waals surface area contributed by atoms with Crippen molar-refractivity contribution >= 4 is 22.6 Å². The third-order valence-corrected chi connectivity index (χ3v) is 3.16. The molecule has 14 heavy (non-hydrogen) atoms. The van der Waals surface area contributed by atoms with Gasteiger partial charge < -0.3 is 11.5 Å². The van der Waals surface area contributed by atoms with Crippen LogP contribution in [0.2, 0.25) is 0 Å². The van der Waals surface area contributed by atoms with Crippen molar-refractivity contribution in [1.29, 1.82) is 0 Å². The molecule has 0 aromatic heterocycles. The summed E-state index contributed by atoms with van der Waals surface area (Å²) < 4.78 is 1.22. The van der Waals surface area contributed by atoms with Crippen molar-refractivity contribution in [2.75, 3.05) is 0 Å². The molecule has 4 N–H and O–H groups in total. The topological polar surface area (TPSA) is 52.0 Å². The van der Waals surface area contributed by atoms with E-state index in [1.54, 1.807) is 0 Å². The van der Waals surface area contributed by atoms with E-state index in [2.05, 4.69) is 60.7 Å². The lowest BCUT2D eigenvalue weighted by Crippen LogP contribution is -2.38. The van der Waals surface area contributed by atoms with Gasteiger partial charge in [0, 0.05) is 15.7 Å². The van der Waals surface area contributed by atoms with Gasteiger partial charge in [-0.1, -0.05) is 26.0 Å².